The molecule has 4 nitrogen and oxygen atoms in total. The van der Waals surface area contributed by atoms with E-state index in [1.807, 2.05) is 48.5 Å². The smallest absolute Gasteiger partial charge is 0.184 e. The lowest BCUT2D eigenvalue weighted by Gasteiger charge is -2.07. The summed E-state index contributed by atoms with van der Waals surface area (Å²) in [4.78, 5) is 1.17. The second-order valence-electron chi connectivity index (χ2n) is 4.46. The van der Waals surface area contributed by atoms with Gasteiger partial charge in [-0.25, -0.2) is 0 Å². The summed E-state index contributed by atoms with van der Waals surface area (Å²) in [7, 11) is 0. The van der Waals surface area contributed by atoms with Crippen molar-refractivity contribution in [3.05, 3.63) is 59.1 Å². The number of benzene rings is 2. The van der Waals surface area contributed by atoms with Crippen molar-refractivity contribution in [3.63, 3.8) is 0 Å². The zero-order valence-electron chi connectivity index (χ0n) is 12.2. The number of ether oxygens (including phenoxy) is 1. The highest BCUT2D eigenvalue weighted by Gasteiger charge is 1.98. The third-order valence-corrected chi connectivity index (χ3v) is 4.00. The fourth-order valence-electron chi connectivity index (χ4n) is 1.70. The van der Waals surface area contributed by atoms with Gasteiger partial charge in [0.1, 0.15) is 5.75 Å². The summed E-state index contributed by atoms with van der Waals surface area (Å²) in [6, 6.07) is 15.4. The van der Waals surface area contributed by atoms with Crippen molar-refractivity contribution in [2.24, 2.45) is 10.8 Å². The van der Waals surface area contributed by atoms with Gasteiger partial charge in [-0.05, 0) is 54.2 Å². The molecule has 0 aliphatic rings. The van der Waals surface area contributed by atoms with E-state index < -0.39 is 0 Å². The fourth-order valence-corrected chi connectivity index (χ4v) is 2.61. The van der Waals surface area contributed by atoms with E-state index in [-0.39, 0.29) is 5.11 Å². The van der Waals surface area contributed by atoms with Crippen LogP contribution < -0.4 is 15.9 Å². The quantitative estimate of drug-likeness (QED) is 0.258. The van der Waals surface area contributed by atoms with Gasteiger partial charge in [0, 0.05) is 15.7 Å². The number of nitrogens with zero attached hydrogens (tertiary/aromatic N) is 1. The van der Waals surface area contributed by atoms with Crippen LogP contribution in [0.5, 0.6) is 5.75 Å². The minimum absolute atomic E-state index is 0.132. The molecular formula is C16H16ClN3OS2. The molecule has 0 unspecified atom stereocenters. The molecule has 120 valence electrons. The van der Waals surface area contributed by atoms with Crippen molar-refractivity contribution in [2.75, 3.05) is 12.4 Å². The Morgan fingerprint density at radius 3 is 2.83 bits per heavy atom. The first kappa shape index (κ1) is 17.6. The van der Waals surface area contributed by atoms with E-state index in [1.165, 1.54) is 4.90 Å². The fraction of sp³-hybridized carbons (Fsp3) is 0.125. The Kier molecular flexibility index (Phi) is 7.19. The summed E-state index contributed by atoms with van der Waals surface area (Å²) in [5.74, 6) is 1.64. The average Bonchev–Trinajstić information content (AvgIpc) is 2.53. The lowest BCUT2D eigenvalue weighted by Crippen LogP contribution is -2.23. The van der Waals surface area contributed by atoms with Gasteiger partial charge in [-0.15, -0.1) is 11.8 Å². The Morgan fingerprint density at radius 1 is 1.30 bits per heavy atom. The Labute approximate surface area is 150 Å². The zero-order chi connectivity index (χ0) is 16.5. The SMILES string of the molecule is NC(=S)NN=Cc1cccc(OCCSc2ccc(Cl)cc2)c1. The molecule has 0 bridgehead atoms. The molecule has 0 aromatic heterocycles. The monoisotopic (exact) mass is 365 g/mol. The maximum Gasteiger partial charge on any atom is 0.184 e. The molecule has 2 rings (SSSR count). The van der Waals surface area contributed by atoms with Crippen LogP contribution in [0.3, 0.4) is 0 Å². The van der Waals surface area contributed by atoms with Crippen molar-refractivity contribution in [1.82, 2.24) is 5.43 Å². The summed E-state index contributed by atoms with van der Waals surface area (Å²) in [6.07, 6.45) is 1.63. The van der Waals surface area contributed by atoms with Crippen molar-refractivity contribution in [1.29, 1.82) is 0 Å². The molecule has 0 saturated carbocycles. The van der Waals surface area contributed by atoms with Gasteiger partial charge in [0.2, 0.25) is 0 Å². The van der Waals surface area contributed by atoms with Gasteiger partial charge < -0.3 is 10.5 Å². The number of nitrogens with two attached hydrogens (primary N) is 1. The molecule has 0 radical (unpaired) electrons. The van der Waals surface area contributed by atoms with Crippen LogP contribution in [0.2, 0.25) is 5.02 Å². The predicted octanol–water partition coefficient (Wildman–Crippen LogP) is 3.68. The number of rotatable bonds is 7. The average molecular weight is 366 g/mol. The van der Waals surface area contributed by atoms with Crippen LogP contribution >= 0.6 is 35.6 Å². The van der Waals surface area contributed by atoms with Crippen LogP contribution in [0.1, 0.15) is 5.56 Å². The van der Waals surface area contributed by atoms with E-state index >= 15 is 0 Å². The maximum absolute atomic E-state index is 5.86. The molecule has 0 spiro atoms. The normalized spacial score (nSPS) is 10.7. The second-order valence-corrected chi connectivity index (χ2v) is 6.50. The lowest BCUT2D eigenvalue weighted by molar-refractivity contribution is 0.344. The zero-order valence-corrected chi connectivity index (χ0v) is 14.6. The van der Waals surface area contributed by atoms with Gasteiger partial charge in [-0.3, -0.25) is 5.43 Å². The Bertz CT molecular complexity index is 677. The lowest BCUT2D eigenvalue weighted by atomic mass is 10.2. The van der Waals surface area contributed by atoms with Crippen LogP contribution in [0.25, 0.3) is 0 Å². The summed E-state index contributed by atoms with van der Waals surface area (Å²) in [5, 5.41) is 4.79. The third kappa shape index (κ3) is 6.90. The summed E-state index contributed by atoms with van der Waals surface area (Å²) >= 11 is 12.3. The first-order valence-electron chi connectivity index (χ1n) is 6.83. The van der Waals surface area contributed by atoms with Gasteiger partial charge in [0.25, 0.3) is 0 Å². The number of hydrogen-bond acceptors (Lipinski definition) is 4. The molecule has 2 aromatic rings. The molecule has 3 N–H and O–H groups in total. The van der Waals surface area contributed by atoms with Crippen LogP contribution in [-0.4, -0.2) is 23.7 Å². The van der Waals surface area contributed by atoms with E-state index in [0.717, 1.165) is 22.1 Å². The highest BCUT2D eigenvalue weighted by Crippen LogP contribution is 2.20. The van der Waals surface area contributed by atoms with Crippen LogP contribution in [0.4, 0.5) is 0 Å². The Morgan fingerprint density at radius 2 is 2.09 bits per heavy atom. The highest BCUT2D eigenvalue weighted by atomic mass is 35.5. The molecule has 0 aliphatic carbocycles. The van der Waals surface area contributed by atoms with Crippen molar-refractivity contribution < 1.29 is 4.74 Å². The van der Waals surface area contributed by atoms with E-state index in [0.29, 0.717) is 6.61 Å². The van der Waals surface area contributed by atoms with Gasteiger partial charge in [-0.2, -0.15) is 5.10 Å². The molecule has 2 aromatic carbocycles. The van der Waals surface area contributed by atoms with Crippen molar-refractivity contribution in [3.8, 4) is 5.75 Å². The largest absolute Gasteiger partial charge is 0.493 e. The van der Waals surface area contributed by atoms with Gasteiger partial charge in [0.05, 0.1) is 12.8 Å². The molecule has 0 fully saturated rings. The topological polar surface area (TPSA) is 59.6 Å². The second kappa shape index (κ2) is 9.39. The molecule has 0 aliphatic heterocycles. The minimum Gasteiger partial charge on any atom is -0.493 e. The summed E-state index contributed by atoms with van der Waals surface area (Å²) < 4.78 is 5.74. The standard InChI is InChI=1S/C16H16ClN3OS2/c17-13-4-6-15(7-5-13)23-9-8-21-14-3-1-2-12(10-14)11-19-20-16(18)22/h1-7,10-11H,8-9H2,(H3,18,20,22). The van der Waals surface area contributed by atoms with E-state index in [2.05, 4.69) is 22.7 Å². The number of thiocarbonyl (C=S) groups is 1. The van der Waals surface area contributed by atoms with E-state index in [4.69, 9.17) is 22.1 Å². The number of hydrazone groups is 1. The number of hydrogen-bond donors (Lipinski definition) is 2. The molecule has 23 heavy (non-hydrogen) atoms. The van der Waals surface area contributed by atoms with Crippen LogP contribution in [0.15, 0.2) is 58.5 Å². The molecule has 0 saturated heterocycles. The third-order valence-electron chi connectivity index (χ3n) is 2.68. The Hall–Kier alpha value is -1.76. The summed E-state index contributed by atoms with van der Waals surface area (Å²) in [6.45, 7) is 0.610. The van der Waals surface area contributed by atoms with Crippen molar-refractivity contribution in [2.45, 2.75) is 4.90 Å². The number of nitrogens with one attached hydrogen (secondary N) is 1. The van der Waals surface area contributed by atoms with Crippen LogP contribution in [0, 0.1) is 0 Å². The predicted molar refractivity (Wildman–Crippen MR) is 102 cm³/mol. The number of thioether (sulfide) groups is 1. The number of halogens is 1. The van der Waals surface area contributed by atoms with E-state index in [1.54, 1.807) is 18.0 Å². The molecule has 0 heterocycles. The van der Waals surface area contributed by atoms with Gasteiger partial charge >= 0.3 is 0 Å². The van der Waals surface area contributed by atoms with Crippen LogP contribution in [-0.2, 0) is 0 Å². The van der Waals surface area contributed by atoms with E-state index in [9.17, 15) is 0 Å². The first-order chi connectivity index (χ1) is 11.1. The summed E-state index contributed by atoms with van der Waals surface area (Å²) in [5.41, 5.74) is 8.71. The minimum atomic E-state index is 0.132. The molecule has 0 atom stereocenters. The molecular weight excluding hydrogens is 350 g/mol. The Balaban J connectivity index is 1.78. The molecule has 0 amide bonds. The highest BCUT2D eigenvalue weighted by molar-refractivity contribution is 7.99. The maximum atomic E-state index is 5.86. The van der Waals surface area contributed by atoms with Crippen molar-refractivity contribution >= 4 is 46.9 Å². The first-order valence-corrected chi connectivity index (χ1v) is 8.60. The van der Waals surface area contributed by atoms with Gasteiger partial charge in [0.15, 0.2) is 5.11 Å². The van der Waals surface area contributed by atoms with Gasteiger partial charge in [-0.1, -0.05) is 23.7 Å². The molecule has 7 heteroatoms.